The molecule has 35 heavy (non-hydrogen) atoms. The van der Waals surface area contributed by atoms with Gasteiger partial charge < -0.3 is 9.47 Å². The first-order chi connectivity index (χ1) is 16.8. The number of amides is 2. The average Bonchev–Trinajstić information content (AvgIpc) is 3.09. The molecule has 2 amide bonds. The molecule has 10 nitrogen and oxygen atoms in total. The highest BCUT2D eigenvalue weighted by Gasteiger charge is 2.54. The average molecular weight is 474 g/mol. The molecule has 1 aliphatic rings. The summed E-state index contributed by atoms with van der Waals surface area (Å²) >= 11 is 0. The molecule has 1 aliphatic heterocycles. The number of benzene rings is 3. The molecule has 4 rings (SSSR count). The van der Waals surface area contributed by atoms with E-state index in [9.17, 15) is 29.3 Å². The fraction of sp³-hybridized carbons (Fsp3) is 0.120. The molecular formula is C25H18N2O8. The molecule has 0 radical (unpaired) electrons. The van der Waals surface area contributed by atoms with Crippen LogP contribution in [0.4, 0.5) is 11.4 Å². The number of rotatable bonds is 6. The van der Waals surface area contributed by atoms with Crippen molar-refractivity contribution in [2.24, 2.45) is 0 Å². The lowest BCUT2D eigenvalue weighted by molar-refractivity contribution is -0.384. The first kappa shape index (κ1) is 23.3. The monoisotopic (exact) mass is 474 g/mol. The highest BCUT2D eigenvalue weighted by atomic mass is 16.6. The smallest absolute Gasteiger partial charge is 0.339 e. The van der Waals surface area contributed by atoms with E-state index in [1.165, 1.54) is 36.4 Å². The first-order valence-electron chi connectivity index (χ1n) is 10.4. The minimum Gasteiger partial charge on any atom is -0.444 e. The van der Waals surface area contributed by atoms with Crippen LogP contribution in [0.5, 0.6) is 0 Å². The number of aryl methyl sites for hydroxylation is 1. The van der Waals surface area contributed by atoms with Crippen molar-refractivity contribution in [2.75, 3.05) is 4.90 Å². The second-order valence-electron chi connectivity index (χ2n) is 7.62. The summed E-state index contributed by atoms with van der Waals surface area (Å²) in [5, 5.41) is 11.3. The van der Waals surface area contributed by atoms with E-state index in [2.05, 4.69) is 0 Å². The minimum atomic E-state index is -1.79. The van der Waals surface area contributed by atoms with Gasteiger partial charge in [0.1, 0.15) is 0 Å². The molecule has 0 unspecified atom stereocenters. The number of imide groups is 1. The number of esters is 2. The number of non-ortho nitro benzene ring substituents is 1. The Bertz CT molecular complexity index is 1250. The summed E-state index contributed by atoms with van der Waals surface area (Å²) in [6.07, 6.45) is -3.58. The molecule has 3 aromatic carbocycles. The Balaban J connectivity index is 1.71. The Labute approximate surface area is 198 Å². The molecule has 176 valence electrons. The van der Waals surface area contributed by atoms with Gasteiger partial charge in [0, 0.05) is 12.1 Å². The maximum absolute atomic E-state index is 13.3. The summed E-state index contributed by atoms with van der Waals surface area (Å²) in [7, 11) is 0. The zero-order valence-electron chi connectivity index (χ0n) is 18.3. The third-order valence-corrected chi connectivity index (χ3v) is 5.33. The summed E-state index contributed by atoms with van der Waals surface area (Å²) < 4.78 is 10.7. The van der Waals surface area contributed by atoms with Crippen molar-refractivity contribution >= 4 is 35.1 Å². The standard InChI is InChI=1S/C25H18N2O8/c1-15-12-13-18(27(32)33)14-19(15)26-22(28)20(34-24(30)16-8-4-2-5-9-16)21(23(26)29)35-25(31)17-10-6-3-7-11-17/h2-14,20-21H,1H3/t20-,21-/m1/s1. The van der Waals surface area contributed by atoms with E-state index in [1.807, 2.05) is 0 Å². The maximum Gasteiger partial charge on any atom is 0.339 e. The SMILES string of the molecule is Cc1ccc([N+](=O)[O-])cc1N1C(=O)[C@H](OC(=O)c2ccccc2)[C@@H](OC(=O)c2ccccc2)C1=O. The molecule has 1 fully saturated rings. The van der Waals surface area contributed by atoms with Gasteiger partial charge in [-0.3, -0.25) is 19.7 Å². The zero-order chi connectivity index (χ0) is 25.1. The lowest BCUT2D eigenvalue weighted by Gasteiger charge is -2.16. The molecular weight excluding hydrogens is 456 g/mol. The third-order valence-electron chi connectivity index (χ3n) is 5.33. The van der Waals surface area contributed by atoms with E-state index in [1.54, 1.807) is 43.3 Å². The highest BCUT2D eigenvalue weighted by molar-refractivity contribution is 6.25. The highest BCUT2D eigenvalue weighted by Crippen LogP contribution is 2.32. The molecule has 0 aromatic heterocycles. The molecule has 3 aromatic rings. The Morgan fingerprint density at radius 1 is 0.800 bits per heavy atom. The number of hydrogen-bond acceptors (Lipinski definition) is 8. The van der Waals surface area contributed by atoms with Crippen LogP contribution in [0.1, 0.15) is 26.3 Å². The van der Waals surface area contributed by atoms with Crippen LogP contribution in [-0.4, -0.2) is 40.9 Å². The predicted molar refractivity (Wildman–Crippen MR) is 122 cm³/mol. The van der Waals surface area contributed by atoms with Gasteiger partial charge in [0.15, 0.2) is 0 Å². The number of hydrogen-bond donors (Lipinski definition) is 0. The summed E-state index contributed by atoms with van der Waals surface area (Å²) in [5.74, 6) is -3.80. The van der Waals surface area contributed by atoms with E-state index in [4.69, 9.17) is 9.47 Å². The normalized spacial score (nSPS) is 17.2. The molecule has 2 atom stereocenters. The number of carbonyl (C=O) groups excluding carboxylic acids is 4. The van der Waals surface area contributed by atoms with Crippen LogP contribution in [0.25, 0.3) is 0 Å². The van der Waals surface area contributed by atoms with Crippen LogP contribution in [-0.2, 0) is 19.1 Å². The Morgan fingerprint density at radius 2 is 1.26 bits per heavy atom. The Kier molecular flexibility index (Phi) is 6.36. The van der Waals surface area contributed by atoms with Crippen LogP contribution >= 0.6 is 0 Å². The topological polar surface area (TPSA) is 133 Å². The molecule has 10 heteroatoms. The van der Waals surface area contributed by atoms with Gasteiger partial charge in [0.2, 0.25) is 12.2 Å². The van der Waals surface area contributed by atoms with Gasteiger partial charge in [-0.1, -0.05) is 42.5 Å². The van der Waals surface area contributed by atoms with Crippen LogP contribution in [0.2, 0.25) is 0 Å². The lowest BCUT2D eigenvalue weighted by Crippen LogP contribution is -2.37. The van der Waals surface area contributed by atoms with Crippen LogP contribution in [0.3, 0.4) is 0 Å². The second-order valence-corrected chi connectivity index (χ2v) is 7.62. The van der Waals surface area contributed by atoms with Crippen LogP contribution < -0.4 is 4.90 Å². The van der Waals surface area contributed by atoms with Crippen molar-refractivity contribution in [3.63, 3.8) is 0 Å². The predicted octanol–water partition coefficient (Wildman–Crippen LogP) is 3.23. The number of carbonyl (C=O) groups is 4. The molecule has 0 aliphatic carbocycles. The van der Waals surface area contributed by atoms with Crippen molar-refractivity contribution in [3.05, 3.63) is 106 Å². The van der Waals surface area contributed by atoms with Gasteiger partial charge in [0.25, 0.3) is 17.5 Å². The summed E-state index contributed by atoms with van der Waals surface area (Å²) in [6.45, 7) is 1.55. The summed E-state index contributed by atoms with van der Waals surface area (Å²) in [4.78, 5) is 63.2. The van der Waals surface area contributed by atoms with E-state index in [0.29, 0.717) is 10.5 Å². The van der Waals surface area contributed by atoms with Gasteiger partial charge >= 0.3 is 11.9 Å². The zero-order valence-corrected chi connectivity index (χ0v) is 18.3. The fourth-order valence-corrected chi connectivity index (χ4v) is 3.55. The van der Waals surface area contributed by atoms with Gasteiger partial charge in [-0.05, 0) is 36.8 Å². The largest absolute Gasteiger partial charge is 0.444 e. The first-order valence-corrected chi connectivity index (χ1v) is 10.4. The number of nitro benzene ring substituents is 1. The lowest BCUT2D eigenvalue weighted by atomic mass is 10.1. The van der Waals surface area contributed by atoms with Crippen molar-refractivity contribution in [2.45, 2.75) is 19.1 Å². The minimum absolute atomic E-state index is 0.0757. The van der Waals surface area contributed by atoms with Gasteiger partial charge in [-0.15, -0.1) is 0 Å². The fourth-order valence-electron chi connectivity index (χ4n) is 3.55. The number of nitrogens with zero attached hydrogens (tertiary/aromatic N) is 2. The molecule has 1 saturated heterocycles. The van der Waals surface area contributed by atoms with Gasteiger partial charge in [0.05, 0.1) is 21.7 Å². The third kappa shape index (κ3) is 4.62. The van der Waals surface area contributed by atoms with Crippen molar-refractivity contribution < 1.29 is 33.6 Å². The van der Waals surface area contributed by atoms with E-state index < -0.39 is 40.9 Å². The second kappa shape index (κ2) is 9.56. The van der Waals surface area contributed by atoms with Crippen molar-refractivity contribution in [1.29, 1.82) is 0 Å². The molecule has 0 saturated carbocycles. The van der Waals surface area contributed by atoms with Crippen molar-refractivity contribution in [1.82, 2.24) is 0 Å². The van der Waals surface area contributed by atoms with Crippen LogP contribution in [0.15, 0.2) is 78.9 Å². The van der Waals surface area contributed by atoms with Crippen LogP contribution in [0, 0.1) is 17.0 Å². The molecule has 1 heterocycles. The van der Waals surface area contributed by atoms with Gasteiger partial charge in [-0.2, -0.15) is 0 Å². The number of nitro groups is 1. The quantitative estimate of drug-likeness (QED) is 0.230. The molecule has 0 N–H and O–H groups in total. The maximum atomic E-state index is 13.3. The van der Waals surface area contributed by atoms with Gasteiger partial charge in [-0.25, -0.2) is 14.5 Å². The van der Waals surface area contributed by atoms with E-state index in [0.717, 1.165) is 6.07 Å². The Hall–Kier alpha value is -4.86. The van der Waals surface area contributed by atoms with E-state index >= 15 is 0 Å². The van der Waals surface area contributed by atoms with Crippen molar-refractivity contribution in [3.8, 4) is 0 Å². The molecule has 0 bridgehead atoms. The number of ether oxygens (including phenoxy) is 2. The summed E-state index contributed by atoms with van der Waals surface area (Å²) in [5.41, 5.74) is 0.180. The van der Waals surface area contributed by atoms with E-state index in [-0.39, 0.29) is 22.5 Å². The number of anilines is 1. The molecule has 0 spiro atoms. The Morgan fingerprint density at radius 3 is 1.69 bits per heavy atom. The summed E-state index contributed by atoms with van der Waals surface area (Å²) in [6, 6.07) is 19.2.